The molecule has 0 aromatic carbocycles. The topological polar surface area (TPSA) is 0 Å². The Hall–Kier alpha value is 0.814. The summed E-state index contributed by atoms with van der Waals surface area (Å²) in [6.45, 7) is 6.92. The van der Waals surface area contributed by atoms with Crippen molar-refractivity contribution in [2.75, 3.05) is 0 Å². The second kappa shape index (κ2) is 9.26. The first-order chi connectivity index (χ1) is 1.73. The first-order valence-corrected chi connectivity index (χ1v) is 5.20. The Kier molecular flexibility index (Phi) is 24.4. The molecule has 0 nitrogen and oxygen atoms in total. The van der Waals surface area contributed by atoms with Crippen LogP contribution in [0.4, 0.5) is 0 Å². The van der Waals surface area contributed by atoms with Gasteiger partial charge < -0.3 is 7.43 Å². The molecule has 0 aliphatic heterocycles. The maximum Gasteiger partial charge on any atom is 1.00 e. The Bertz CT molecular complexity index is 12.3. The Labute approximate surface area is 55.1 Å². The SMILES string of the molecule is C[SiH](C)C.[CH3-].[Li+]. The zero-order valence-corrected chi connectivity index (χ0v) is 6.73. The van der Waals surface area contributed by atoms with Crippen molar-refractivity contribution in [2.45, 2.75) is 19.6 Å². The van der Waals surface area contributed by atoms with Crippen molar-refractivity contribution >= 4 is 8.80 Å². The quantitative estimate of drug-likeness (QED) is 0.256. The van der Waals surface area contributed by atoms with E-state index in [1.54, 1.807) is 0 Å². The van der Waals surface area contributed by atoms with Crippen molar-refractivity contribution in [3.8, 4) is 0 Å². The van der Waals surface area contributed by atoms with Crippen LogP contribution >= 0.6 is 0 Å². The van der Waals surface area contributed by atoms with Crippen molar-refractivity contribution < 1.29 is 18.9 Å². The van der Waals surface area contributed by atoms with Crippen LogP contribution in [0, 0.1) is 7.43 Å². The van der Waals surface area contributed by atoms with Crippen molar-refractivity contribution in [3.05, 3.63) is 7.43 Å². The van der Waals surface area contributed by atoms with Gasteiger partial charge in [-0.15, -0.1) is 0 Å². The fourth-order valence-electron chi connectivity index (χ4n) is 0. The molecule has 0 aliphatic rings. The van der Waals surface area contributed by atoms with Gasteiger partial charge in [-0.05, 0) is 0 Å². The average molecular weight is 96.2 g/mol. The number of hydrogen-bond acceptors (Lipinski definition) is 0. The fraction of sp³-hybridized carbons (Fsp3) is 0.750. The van der Waals surface area contributed by atoms with Crippen LogP contribution in [0.25, 0.3) is 0 Å². The van der Waals surface area contributed by atoms with Gasteiger partial charge >= 0.3 is 18.9 Å². The minimum atomic E-state index is -0.139. The van der Waals surface area contributed by atoms with Crippen molar-refractivity contribution in [1.82, 2.24) is 0 Å². The molecule has 0 saturated heterocycles. The molecule has 0 aromatic rings. The van der Waals surface area contributed by atoms with Gasteiger partial charge in [0, 0.05) is 8.80 Å². The summed E-state index contributed by atoms with van der Waals surface area (Å²) in [7, 11) is -0.139. The third-order valence-electron chi connectivity index (χ3n) is 0. The van der Waals surface area contributed by atoms with Crippen LogP contribution in [0.15, 0.2) is 0 Å². The molecule has 0 aliphatic carbocycles. The Balaban J connectivity index is -0.0000000450. The Morgan fingerprint density at radius 2 is 1.00 bits per heavy atom. The zero-order valence-electron chi connectivity index (χ0n) is 5.58. The first-order valence-electron chi connectivity index (χ1n) is 1.73. The molecule has 34 valence electrons. The van der Waals surface area contributed by atoms with E-state index in [9.17, 15) is 0 Å². The van der Waals surface area contributed by atoms with Crippen LogP contribution in [-0.4, -0.2) is 8.80 Å². The molecule has 0 amide bonds. The Morgan fingerprint density at radius 1 is 1.00 bits per heavy atom. The van der Waals surface area contributed by atoms with Crippen LogP contribution in [-0.2, 0) is 0 Å². The van der Waals surface area contributed by atoms with Gasteiger partial charge in [0.2, 0.25) is 0 Å². The van der Waals surface area contributed by atoms with E-state index in [1.165, 1.54) is 0 Å². The van der Waals surface area contributed by atoms with E-state index in [-0.39, 0.29) is 35.1 Å². The van der Waals surface area contributed by atoms with E-state index in [0.717, 1.165) is 0 Å². The number of hydrogen-bond donors (Lipinski definition) is 0. The van der Waals surface area contributed by atoms with Gasteiger partial charge in [-0.25, -0.2) is 0 Å². The van der Waals surface area contributed by atoms with Crippen LogP contribution in [0.3, 0.4) is 0 Å². The molecule has 6 heavy (non-hydrogen) atoms. The molecule has 0 bridgehead atoms. The Morgan fingerprint density at radius 3 is 1.00 bits per heavy atom. The van der Waals surface area contributed by atoms with E-state index in [2.05, 4.69) is 19.6 Å². The zero-order chi connectivity index (χ0) is 3.58. The van der Waals surface area contributed by atoms with Crippen molar-refractivity contribution in [1.29, 1.82) is 0 Å². The van der Waals surface area contributed by atoms with Gasteiger partial charge in [-0.3, -0.25) is 0 Å². The van der Waals surface area contributed by atoms with E-state index in [4.69, 9.17) is 0 Å². The number of rotatable bonds is 0. The predicted octanol–water partition coefficient (Wildman–Crippen LogP) is -1.44. The predicted molar refractivity (Wildman–Crippen MR) is 31.2 cm³/mol. The maximum atomic E-state index is 2.31. The van der Waals surface area contributed by atoms with E-state index < -0.39 is 0 Å². The molecule has 2 heteroatoms. The van der Waals surface area contributed by atoms with Crippen LogP contribution in [0.1, 0.15) is 0 Å². The molecule has 0 aromatic heterocycles. The van der Waals surface area contributed by atoms with Crippen LogP contribution < -0.4 is 18.9 Å². The smallest absolute Gasteiger partial charge is 0.358 e. The van der Waals surface area contributed by atoms with Gasteiger partial charge in [0.1, 0.15) is 0 Å². The van der Waals surface area contributed by atoms with Crippen molar-refractivity contribution in [2.24, 2.45) is 0 Å². The van der Waals surface area contributed by atoms with E-state index in [0.29, 0.717) is 0 Å². The average Bonchev–Trinajstić information content (AvgIpc) is 0.811. The third-order valence-corrected chi connectivity index (χ3v) is 0. The molecule has 0 spiro atoms. The summed E-state index contributed by atoms with van der Waals surface area (Å²) >= 11 is 0. The van der Waals surface area contributed by atoms with E-state index >= 15 is 0 Å². The minimum Gasteiger partial charge on any atom is -0.358 e. The second-order valence-electron chi connectivity index (χ2n) is 1.73. The summed E-state index contributed by atoms with van der Waals surface area (Å²) in [6, 6.07) is 0. The molecule has 0 rings (SSSR count). The first kappa shape index (κ1) is 15.8. The summed E-state index contributed by atoms with van der Waals surface area (Å²) in [4.78, 5) is 0. The van der Waals surface area contributed by atoms with Gasteiger partial charge in [-0.2, -0.15) is 0 Å². The summed E-state index contributed by atoms with van der Waals surface area (Å²) in [6.07, 6.45) is 0. The van der Waals surface area contributed by atoms with Crippen molar-refractivity contribution in [3.63, 3.8) is 0 Å². The molecule has 0 fully saturated rings. The fourth-order valence-corrected chi connectivity index (χ4v) is 0. The molecule has 0 radical (unpaired) electrons. The summed E-state index contributed by atoms with van der Waals surface area (Å²) in [5, 5.41) is 0. The molecule has 0 saturated carbocycles. The van der Waals surface area contributed by atoms with Gasteiger partial charge in [0.25, 0.3) is 0 Å². The largest absolute Gasteiger partial charge is 1.00 e. The monoisotopic (exact) mass is 96.1 g/mol. The van der Waals surface area contributed by atoms with E-state index in [1.807, 2.05) is 0 Å². The standard InChI is InChI=1S/C3H10Si.CH3.Li/c1-4(2)3;;/h4H,1-3H3;1H3;/q;-1;+1. The summed E-state index contributed by atoms with van der Waals surface area (Å²) in [5.41, 5.74) is 0. The van der Waals surface area contributed by atoms with Gasteiger partial charge in [-0.1, -0.05) is 19.6 Å². The van der Waals surface area contributed by atoms with Crippen LogP contribution in [0.2, 0.25) is 19.6 Å². The molecule has 0 unspecified atom stereocenters. The molecule has 0 N–H and O–H groups in total. The van der Waals surface area contributed by atoms with Gasteiger partial charge in [0.05, 0.1) is 0 Å². The second-order valence-corrected chi connectivity index (χ2v) is 5.20. The molecular weight excluding hydrogens is 83.1 g/mol. The summed E-state index contributed by atoms with van der Waals surface area (Å²) < 4.78 is 0. The molecular formula is C4H13LiSi. The summed E-state index contributed by atoms with van der Waals surface area (Å²) in [5.74, 6) is 0. The molecule has 0 atom stereocenters. The van der Waals surface area contributed by atoms with Crippen LogP contribution in [0.5, 0.6) is 0 Å². The normalized spacial score (nSPS) is 6.00. The van der Waals surface area contributed by atoms with Gasteiger partial charge in [0.15, 0.2) is 0 Å². The molecule has 0 heterocycles. The maximum absolute atomic E-state index is 2.31. The minimum absolute atomic E-state index is 0. The third kappa shape index (κ3) is 106.